The third-order valence-electron chi connectivity index (χ3n) is 3.82. The van der Waals surface area contributed by atoms with Crippen LogP contribution >= 0.6 is 11.8 Å². The van der Waals surface area contributed by atoms with Gasteiger partial charge in [-0.1, -0.05) is 42.1 Å². The first-order valence-corrected chi connectivity index (χ1v) is 9.89. The van der Waals surface area contributed by atoms with E-state index in [9.17, 15) is 14.0 Å². The minimum absolute atomic E-state index is 0.0352. The normalized spacial score (nSPS) is 10.6. The number of aromatic nitrogens is 3. The van der Waals surface area contributed by atoms with Crippen molar-refractivity contribution in [3.63, 3.8) is 0 Å². The largest absolute Gasteiger partial charge is 0.465 e. The van der Waals surface area contributed by atoms with E-state index in [1.165, 1.54) is 23.9 Å². The Bertz CT molecular complexity index is 977. The Balaban J connectivity index is 1.80. The summed E-state index contributed by atoms with van der Waals surface area (Å²) in [5, 5.41) is 11.4. The molecule has 3 rings (SSSR count). The molecule has 1 aromatic heterocycles. The second kappa shape index (κ2) is 9.83. The lowest BCUT2D eigenvalue weighted by Gasteiger charge is -2.10. The fraction of sp³-hybridized carbons (Fsp3) is 0.200. The highest BCUT2D eigenvalue weighted by Gasteiger charge is 2.17. The molecule has 0 aliphatic rings. The highest BCUT2D eigenvalue weighted by molar-refractivity contribution is 7.99. The minimum Gasteiger partial charge on any atom is -0.465 e. The lowest BCUT2D eigenvalue weighted by Crippen LogP contribution is -2.31. The number of nitrogens with one attached hydrogen (secondary N) is 1. The summed E-state index contributed by atoms with van der Waals surface area (Å²) in [5.74, 6) is -0.569. The van der Waals surface area contributed by atoms with Gasteiger partial charge in [0.15, 0.2) is 11.0 Å². The average molecular weight is 414 g/mol. The molecule has 1 amide bonds. The molecule has 0 fully saturated rings. The van der Waals surface area contributed by atoms with E-state index in [0.717, 1.165) is 5.56 Å². The Labute approximate surface area is 171 Å². The Kier molecular flexibility index (Phi) is 6.96. The summed E-state index contributed by atoms with van der Waals surface area (Å²) in [6.07, 6.45) is 0. The molecule has 1 N–H and O–H groups in total. The topological polar surface area (TPSA) is 86.1 Å². The van der Waals surface area contributed by atoms with Crippen LogP contribution in [0.25, 0.3) is 17.1 Å². The molecule has 0 spiro atoms. The summed E-state index contributed by atoms with van der Waals surface area (Å²) in [6, 6.07) is 15.4. The molecule has 7 nitrogen and oxygen atoms in total. The number of rotatable bonds is 8. The molecule has 0 bridgehead atoms. The van der Waals surface area contributed by atoms with Gasteiger partial charge in [0.25, 0.3) is 0 Å². The zero-order valence-corrected chi connectivity index (χ0v) is 16.5. The SMILES string of the molecule is CCOC(=O)CNC(=O)CSc1nnc(-c2ccccc2)n1-c1ccc(F)cc1. The van der Waals surface area contributed by atoms with Crippen molar-refractivity contribution in [1.29, 1.82) is 0 Å². The number of halogens is 1. The summed E-state index contributed by atoms with van der Waals surface area (Å²) in [5.41, 5.74) is 1.51. The summed E-state index contributed by atoms with van der Waals surface area (Å²) in [4.78, 5) is 23.4. The van der Waals surface area contributed by atoms with Gasteiger partial charge in [0.05, 0.1) is 12.4 Å². The van der Waals surface area contributed by atoms with Gasteiger partial charge in [-0.15, -0.1) is 10.2 Å². The van der Waals surface area contributed by atoms with Crippen LogP contribution in [0.3, 0.4) is 0 Å². The lowest BCUT2D eigenvalue weighted by molar-refractivity contribution is -0.143. The molecule has 29 heavy (non-hydrogen) atoms. The second-order valence-electron chi connectivity index (χ2n) is 5.85. The number of benzene rings is 2. The third-order valence-corrected chi connectivity index (χ3v) is 4.75. The van der Waals surface area contributed by atoms with Gasteiger partial charge in [0.2, 0.25) is 5.91 Å². The summed E-state index contributed by atoms with van der Waals surface area (Å²) < 4.78 is 19.9. The first kappa shape index (κ1) is 20.5. The number of carbonyl (C=O) groups excluding carboxylic acids is 2. The van der Waals surface area contributed by atoms with Gasteiger partial charge >= 0.3 is 5.97 Å². The molecule has 0 aliphatic heterocycles. The van der Waals surface area contributed by atoms with Crippen molar-refractivity contribution < 1.29 is 18.7 Å². The fourth-order valence-electron chi connectivity index (χ4n) is 2.52. The molecular weight excluding hydrogens is 395 g/mol. The molecule has 0 radical (unpaired) electrons. The second-order valence-corrected chi connectivity index (χ2v) is 6.80. The van der Waals surface area contributed by atoms with E-state index < -0.39 is 5.97 Å². The zero-order chi connectivity index (χ0) is 20.6. The van der Waals surface area contributed by atoms with Crippen molar-refractivity contribution in [1.82, 2.24) is 20.1 Å². The van der Waals surface area contributed by atoms with Crippen molar-refractivity contribution in [3.8, 4) is 17.1 Å². The van der Waals surface area contributed by atoms with Crippen molar-refractivity contribution in [2.75, 3.05) is 18.9 Å². The highest BCUT2D eigenvalue weighted by atomic mass is 32.2. The van der Waals surface area contributed by atoms with Crippen molar-refractivity contribution in [2.45, 2.75) is 12.1 Å². The van der Waals surface area contributed by atoms with Gasteiger partial charge < -0.3 is 10.1 Å². The summed E-state index contributed by atoms with van der Waals surface area (Å²) >= 11 is 1.17. The minimum atomic E-state index is -0.494. The molecule has 0 aliphatic carbocycles. The maximum Gasteiger partial charge on any atom is 0.325 e. The number of esters is 1. The predicted molar refractivity (Wildman–Crippen MR) is 107 cm³/mol. The van der Waals surface area contributed by atoms with E-state index in [2.05, 4.69) is 15.5 Å². The standard InChI is InChI=1S/C20H19FN4O3S/c1-2-28-18(27)12-22-17(26)13-29-20-24-23-19(14-6-4-3-5-7-14)25(20)16-10-8-15(21)9-11-16/h3-11H,2,12-13H2,1H3,(H,22,26). The summed E-state index contributed by atoms with van der Waals surface area (Å²) in [6.45, 7) is 1.77. The molecule has 150 valence electrons. The zero-order valence-electron chi connectivity index (χ0n) is 15.7. The van der Waals surface area contributed by atoms with Crippen molar-refractivity contribution >= 4 is 23.6 Å². The van der Waals surface area contributed by atoms with Crippen LogP contribution in [0, 0.1) is 5.82 Å². The molecule has 2 aromatic carbocycles. The van der Waals surface area contributed by atoms with E-state index in [-0.39, 0.29) is 30.6 Å². The Morgan fingerprint density at radius 1 is 1.10 bits per heavy atom. The van der Waals surface area contributed by atoms with Crippen LogP contribution < -0.4 is 5.32 Å². The molecule has 9 heteroatoms. The van der Waals surface area contributed by atoms with E-state index in [1.54, 1.807) is 23.6 Å². The molecular formula is C20H19FN4O3S. The number of hydrogen-bond donors (Lipinski definition) is 1. The molecule has 0 saturated carbocycles. The fourth-order valence-corrected chi connectivity index (χ4v) is 3.31. The van der Waals surface area contributed by atoms with E-state index >= 15 is 0 Å². The molecule has 3 aromatic rings. The van der Waals surface area contributed by atoms with Crippen molar-refractivity contribution in [2.24, 2.45) is 0 Å². The van der Waals surface area contributed by atoms with Crippen LogP contribution in [-0.2, 0) is 14.3 Å². The quantitative estimate of drug-likeness (QED) is 0.451. The van der Waals surface area contributed by atoms with Crippen molar-refractivity contribution in [3.05, 3.63) is 60.4 Å². The molecule has 0 atom stereocenters. The number of nitrogens with zero attached hydrogens (tertiary/aromatic N) is 3. The first-order valence-electron chi connectivity index (χ1n) is 8.90. The van der Waals surface area contributed by atoms with E-state index in [4.69, 9.17) is 4.74 Å². The Hall–Kier alpha value is -3.20. The summed E-state index contributed by atoms with van der Waals surface area (Å²) in [7, 11) is 0. The maximum atomic E-state index is 13.4. The van der Waals surface area contributed by atoms with Crippen LogP contribution in [0.15, 0.2) is 59.8 Å². The third kappa shape index (κ3) is 5.41. The van der Waals surface area contributed by atoms with E-state index in [0.29, 0.717) is 16.7 Å². The maximum absolute atomic E-state index is 13.4. The first-order chi connectivity index (χ1) is 14.1. The Morgan fingerprint density at radius 3 is 2.52 bits per heavy atom. The molecule has 0 saturated heterocycles. The average Bonchev–Trinajstić information content (AvgIpc) is 3.16. The Morgan fingerprint density at radius 2 is 1.83 bits per heavy atom. The van der Waals surface area contributed by atoms with Gasteiger partial charge in [0.1, 0.15) is 12.4 Å². The van der Waals surface area contributed by atoms with Crippen LogP contribution in [0.1, 0.15) is 6.92 Å². The van der Waals surface area contributed by atoms with Crippen LogP contribution in [0.5, 0.6) is 0 Å². The van der Waals surface area contributed by atoms with E-state index in [1.807, 2.05) is 30.3 Å². The predicted octanol–water partition coefficient (Wildman–Crippen LogP) is 2.84. The molecule has 0 unspecified atom stereocenters. The lowest BCUT2D eigenvalue weighted by atomic mass is 10.2. The highest BCUT2D eigenvalue weighted by Crippen LogP contribution is 2.27. The smallest absolute Gasteiger partial charge is 0.325 e. The van der Waals surface area contributed by atoms with Gasteiger partial charge in [-0.05, 0) is 31.2 Å². The number of carbonyl (C=O) groups is 2. The number of ether oxygens (including phenoxy) is 1. The van der Waals surface area contributed by atoms with Gasteiger partial charge in [-0.2, -0.15) is 0 Å². The van der Waals surface area contributed by atoms with Crippen LogP contribution in [-0.4, -0.2) is 45.5 Å². The van der Waals surface area contributed by atoms with Crippen LogP contribution in [0.2, 0.25) is 0 Å². The number of thioether (sulfide) groups is 1. The molecule has 1 heterocycles. The van der Waals surface area contributed by atoms with Gasteiger partial charge in [-0.25, -0.2) is 4.39 Å². The van der Waals surface area contributed by atoms with Gasteiger partial charge in [-0.3, -0.25) is 14.2 Å². The number of hydrogen-bond acceptors (Lipinski definition) is 6. The number of amides is 1. The monoisotopic (exact) mass is 414 g/mol. The van der Waals surface area contributed by atoms with Crippen LogP contribution in [0.4, 0.5) is 4.39 Å². The van der Waals surface area contributed by atoms with Gasteiger partial charge in [0, 0.05) is 11.3 Å².